The number of anilines is 2. The number of aromatic nitrogens is 2. The molecule has 2 aromatic rings. The molecule has 0 radical (unpaired) electrons. The Morgan fingerprint density at radius 2 is 2.25 bits per heavy atom. The predicted molar refractivity (Wildman–Crippen MR) is 78.6 cm³/mol. The third-order valence-corrected chi connectivity index (χ3v) is 3.63. The summed E-state index contributed by atoms with van der Waals surface area (Å²) in [4.78, 5) is 15.7. The number of carbonyl (C=O) groups is 1. The Bertz CT molecular complexity index is 647. The van der Waals surface area contributed by atoms with Gasteiger partial charge in [-0.1, -0.05) is 0 Å². The Morgan fingerprint density at radius 1 is 1.40 bits per heavy atom. The lowest BCUT2D eigenvalue weighted by Gasteiger charge is -2.20. The van der Waals surface area contributed by atoms with Crippen molar-refractivity contribution in [3.63, 3.8) is 0 Å². The van der Waals surface area contributed by atoms with Crippen LogP contribution in [0.5, 0.6) is 0 Å². The van der Waals surface area contributed by atoms with Gasteiger partial charge in [-0.3, -0.25) is 4.79 Å². The second-order valence-corrected chi connectivity index (χ2v) is 5.18. The van der Waals surface area contributed by atoms with Crippen LogP contribution in [-0.4, -0.2) is 15.5 Å². The van der Waals surface area contributed by atoms with Crippen LogP contribution in [0.3, 0.4) is 0 Å². The van der Waals surface area contributed by atoms with Crippen molar-refractivity contribution in [1.82, 2.24) is 9.55 Å². The summed E-state index contributed by atoms with van der Waals surface area (Å²) in [6.07, 6.45) is 5.10. The number of carbonyl (C=O) groups excluding carboxylic acids is 1. The molecule has 20 heavy (non-hydrogen) atoms. The minimum absolute atomic E-state index is 0.0968. The topological polar surface area (TPSA) is 59.0 Å². The Labute approximate surface area is 118 Å². The average molecular weight is 270 g/mol. The molecule has 1 atom stereocenters. The second-order valence-electron chi connectivity index (χ2n) is 5.18. The molecule has 1 unspecified atom stereocenters. The monoisotopic (exact) mass is 270 g/mol. The van der Waals surface area contributed by atoms with E-state index in [-0.39, 0.29) is 11.9 Å². The maximum absolute atomic E-state index is 11.3. The molecule has 0 fully saturated rings. The van der Waals surface area contributed by atoms with Gasteiger partial charge in [0.2, 0.25) is 5.91 Å². The summed E-state index contributed by atoms with van der Waals surface area (Å²) in [6, 6.07) is 6.18. The molecule has 5 heteroatoms. The van der Waals surface area contributed by atoms with Gasteiger partial charge in [-0.15, -0.1) is 0 Å². The number of hydrogen-bond acceptors (Lipinski definition) is 3. The van der Waals surface area contributed by atoms with Crippen molar-refractivity contribution in [2.45, 2.75) is 25.8 Å². The van der Waals surface area contributed by atoms with Gasteiger partial charge in [0.15, 0.2) is 0 Å². The van der Waals surface area contributed by atoms with E-state index in [0.29, 0.717) is 6.42 Å². The van der Waals surface area contributed by atoms with Gasteiger partial charge in [0.25, 0.3) is 0 Å². The molecular weight excluding hydrogens is 252 g/mol. The molecule has 3 rings (SSSR count). The van der Waals surface area contributed by atoms with Gasteiger partial charge in [-0.05, 0) is 37.1 Å². The van der Waals surface area contributed by atoms with Crippen LogP contribution in [0, 0.1) is 0 Å². The van der Waals surface area contributed by atoms with Gasteiger partial charge in [0.1, 0.15) is 5.82 Å². The van der Waals surface area contributed by atoms with E-state index in [0.717, 1.165) is 23.6 Å². The fraction of sp³-hybridized carbons (Fsp3) is 0.333. The SMILES string of the molecule is CC(Nc1ccc2c(c1)CCC(=O)N2)c1nccn1C. The highest BCUT2D eigenvalue weighted by atomic mass is 16.1. The van der Waals surface area contributed by atoms with Crippen molar-refractivity contribution in [1.29, 1.82) is 0 Å². The van der Waals surface area contributed by atoms with Gasteiger partial charge in [0.05, 0.1) is 6.04 Å². The molecule has 1 aliphatic rings. The molecule has 2 heterocycles. The molecule has 1 aromatic carbocycles. The number of hydrogen-bond donors (Lipinski definition) is 2. The van der Waals surface area contributed by atoms with Crippen molar-refractivity contribution in [2.75, 3.05) is 10.6 Å². The van der Waals surface area contributed by atoms with Gasteiger partial charge in [0, 0.05) is 37.2 Å². The van der Waals surface area contributed by atoms with E-state index in [1.807, 2.05) is 29.9 Å². The number of imidazole rings is 1. The number of rotatable bonds is 3. The predicted octanol–water partition coefficient (Wildman–Crippen LogP) is 2.48. The Hall–Kier alpha value is -2.30. The molecule has 2 N–H and O–H groups in total. The zero-order chi connectivity index (χ0) is 14.1. The van der Waals surface area contributed by atoms with Crippen LogP contribution in [0.4, 0.5) is 11.4 Å². The van der Waals surface area contributed by atoms with Crippen LogP contribution in [0.1, 0.15) is 30.8 Å². The van der Waals surface area contributed by atoms with Crippen LogP contribution in [0.15, 0.2) is 30.6 Å². The summed E-state index contributed by atoms with van der Waals surface area (Å²) >= 11 is 0. The van der Waals surface area contributed by atoms with Crippen molar-refractivity contribution < 1.29 is 4.79 Å². The van der Waals surface area contributed by atoms with E-state index in [9.17, 15) is 4.79 Å². The van der Waals surface area contributed by atoms with E-state index in [4.69, 9.17) is 0 Å². The number of fused-ring (bicyclic) bond motifs is 1. The van der Waals surface area contributed by atoms with Crippen LogP contribution in [0.2, 0.25) is 0 Å². The van der Waals surface area contributed by atoms with E-state index in [2.05, 4.69) is 28.6 Å². The van der Waals surface area contributed by atoms with Crippen LogP contribution in [0.25, 0.3) is 0 Å². The average Bonchev–Trinajstić information content (AvgIpc) is 2.85. The standard InChI is InChI=1S/C15H18N4O/c1-10(15-16-7-8-19(15)2)17-12-4-5-13-11(9-12)3-6-14(20)18-13/h4-5,7-10,17H,3,6H2,1-2H3,(H,18,20). The number of nitrogens with zero attached hydrogens (tertiary/aromatic N) is 2. The maximum atomic E-state index is 11.3. The molecule has 5 nitrogen and oxygen atoms in total. The van der Waals surface area contributed by atoms with E-state index >= 15 is 0 Å². The fourth-order valence-electron chi connectivity index (χ4n) is 2.58. The minimum atomic E-state index is 0.0968. The van der Waals surface area contributed by atoms with Crippen molar-refractivity contribution in [2.24, 2.45) is 7.05 Å². The third-order valence-electron chi connectivity index (χ3n) is 3.63. The maximum Gasteiger partial charge on any atom is 0.224 e. The van der Waals surface area contributed by atoms with Crippen molar-refractivity contribution in [3.8, 4) is 0 Å². The van der Waals surface area contributed by atoms with Gasteiger partial charge < -0.3 is 15.2 Å². The molecule has 0 saturated heterocycles. The first-order valence-corrected chi connectivity index (χ1v) is 6.80. The molecule has 1 aliphatic heterocycles. The van der Waals surface area contributed by atoms with Crippen molar-refractivity contribution in [3.05, 3.63) is 42.0 Å². The number of amides is 1. The summed E-state index contributed by atoms with van der Waals surface area (Å²) in [6.45, 7) is 2.09. The van der Waals surface area contributed by atoms with E-state index in [1.54, 1.807) is 6.20 Å². The summed E-state index contributed by atoms with van der Waals surface area (Å²) in [5.41, 5.74) is 3.16. The molecule has 0 bridgehead atoms. The van der Waals surface area contributed by atoms with E-state index < -0.39 is 0 Å². The smallest absolute Gasteiger partial charge is 0.224 e. The molecule has 1 amide bonds. The summed E-state index contributed by atoms with van der Waals surface area (Å²) < 4.78 is 2.01. The lowest BCUT2D eigenvalue weighted by Crippen LogP contribution is -2.19. The Balaban J connectivity index is 1.78. The van der Waals surface area contributed by atoms with Gasteiger partial charge >= 0.3 is 0 Å². The highest BCUT2D eigenvalue weighted by Gasteiger charge is 2.16. The lowest BCUT2D eigenvalue weighted by atomic mass is 10.0. The zero-order valence-electron chi connectivity index (χ0n) is 11.7. The number of nitrogens with one attached hydrogen (secondary N) is 2. The fourth-order valence-corrected chi connectivity index (χ4v) is 2.58. The van der Waals surface area contributed by atoms with E-state index in [1.165, 1.54) is 5.56 Å². The number of benzene rings is 1. The highest BCUT2D eigenvalue weighted by Crippen LogP contribution is 2.27. The van der Waals surface area contributed by atoms with Crippen LogP contribution >= 0.6 is 0 Å². The summed E-state index contributed by atoms with van der Waals surface area (Å²) in [5.74, 6) is 1.09. The van der Waals surface area contributed by atoms with Gasteiger partial charge in [-0.25, -0.2) is 4.98 Å². The quantitative estimate of drug-likeness (QED) is 0.900. The zero-order valence-corrected chi connectivity index (χ0v) is 11.7. The number of aryl methyl sites for hydroxylation is 2. The normalized spacial score (nSPS) is 15.4. The largest absolute Gasteiger partial charge is 0.375 e. The van der Waals surface area contributed by atoms with Crippen LogP contribution < -0.4 is 10.6 Å². The Morgan fingerprint density at radius 3 is 3.00 bits per heavy atom. The summed E-state index contributed by atoms with van der Waals surface area (Å²) in [5, 5.41) is 6.34. The molecule has 0 aliphatic carbocycles. The molecular formula is C15H18N4O. The van der Waals surface area contributed by atoms with Crippen molar-refractivity contribution >= 4 is 17.3 Å². The first-order valence-electron chi connectivity index (χ1n) is 6.80. The van der Waals surface area contributed by atoms with Crippen LogP contribution in [-0.2, 0) is 18.3 Å². The molecule has 104 valence electrons. The molecule has 0 saturated carbocycles. The minimum Gasteiger partial charge on any atom is -0.375 e. The van der Waals surface area contributed by atoms with Gasteiger partial charge in [-0.2, -0.15) is 0 Å². The first kappa shape index (κ1) is 12.7. The first-order chi connectivity index (χ1) is 9.63. The summed E-state index contributed by atoms with van der Waals surface area (Å²) in [7, 11) is 1.99. The Kier molecular flexibility index (Phi) is 3.18. The lowest BCUT2D eigenvalue weighted by molar-refractivity contribution is -0.116. The molecule has 1 aromatic heterocycles. The second kappa shape index (κ2) is 5.00. The highest BCUT2D eigenvalue weighted by molar-refractivity contribution is 5.94. The third kappa shape index (κ3) is 2.39. The molecule has 0 spiro atoms.